The second kappa shape index (κ2) is 7.61. The number of carboxylic acids is 1. The molecule has 0 unspecified atom stereocenters. The third-order valence-electron chi connectivity index (χ3n) is 6.03. The first-order valence-corrected chi connectivity index (χ1v) is 11.2. The van der Waals surface area contributed by atoms with Crippen molar-refractivity contribution in [2.75, 3.05) is 5.32 Å². The number of aliphatic carboxylic acids is 1. The van der Waals surface area contributed by atoms with Crippen molar-refractivity contribution >= 4 is 28.2 Å². The first-order valence-electron chi connectivity index (χ1n) is 10.4. The van der Waals surface area contributed by atoms with Crippen molar-refractivity contribution in [3.8, 4) is 11.5 Å². The van der Waals surface area contributed by atoms with Gasteiger partial charge in [0.25, 0.3) is 11.8 Å². The van der Waals surface area contributed by atoms with Gasteiger partial charge in [-0.15, -0.1) is 11.3 Å². The maximum absolute atomic E-state index is 14.0. The van der Waals surface area contributed by atoms with Gasteiger partial charge < -0.3 is 14.9 Å². The average molecular weight is 431 g/mol. The normalized spacial score (nSPS) is 21.4. The lowest BCUT2D eigenvalue weighted by molar-refractivity contribution is -0.133. The summed E-state index contributed by atoms with van der Waals surface area (Å²) >= 11 is 1.33. The Hall–Kier alpha value is -2.55. The molecule has 1 saturated carbocycles. The van der Waals surface area contributed by atoms with Crippen molar-refractivity contribution < 1.29 is 23.6 Å². The average Bonchev–Trinajstić information content (AvgIpc) is 3.36. The van der Waals surface area contributed by atoms with Gasteiger partial charge in [0.05, 0.1) is 5.56 Å². The van der Waals surface area contributed by atoms with Gasteiger partial charge in [-0.3, -0.25) is 4.79 Å². The van der Waals surface area contributed by atoms with Gasteiger partial charge in [0.2, 0.25) is 0 Å². The molecule has 0 bridgehead atoms. The highest BCUT2D eigenvalue weighted by Gasteiger charge is 2.33. The molecule has 2 aromatic heterocycles. The van der Waals surface area contributed by atoms with E-state index in [1.165, 1.54) is 11.3 Å². The number of carbonyl (C=O) groups excluding carboxylic acids is 1. The van der Waals surface area contributed by atoms with E-state index in [4.69, 9.17) is 4.52 Å². The Balaban J connectivity index is 1.52. The zero-order valence-electron chi connectivity index (χ0n) is 16.4. The lowest BCUT2D eigenvalue weighted by Gasteiger charge is -2.17. The van der Waals surface area contributed by atoms with Crippen LogP contribution in [0.2, 0.25) is 0 Å². The summed E-state index contributed by atoms with van der Waals surface area (Å²) in [5.41, 5.74) is 2.12. The number of aromatic nitrogens is 2. The second-order valence-electron chi connectivity index (χ2n) is 8.20. The molecule has 0 radical (unpaired) electrons. The zero-order valence-corrected chi connectivity index (χ0v) is 17.2. The molecule has 3 aliphatic carbocycles. The van der Waals surface area contributed by atoms with Crippen molar-refractivity contribution in [3.05, 3.63) is 27.4 Å². The molecule has 3 aliphatic rings. The third kappa shape index (κ3) is 3.55. The molecule has 0 saturated heterocycles. The number of alkyl halides is 1. The van der Waals surface area contributed by atoms with Crippen LogP contribution >= 0.6 is 11.3 Å². The van der Waals surface area contributed by atoms with Gasteiger partial charge in [0, 0.05) is 28.4 Å². The summed E-state index contributed by atoms with van der Waals surface area (Å²) in [5.74, 6) is -0.110. The first-order chi connectivity index (χ1) is 14.5. The topological polar surface area (TPSA) is 105 Å². The van der Waals surface area contributed by atoms with E-state index >= 15 is 0 Å². The fourth-order valence-electron chi connectivity index (χ4n) is 4.27. The van der Waals surface area contributed by atoms with E-state index in [0.29, 0.717) is 65.9 Å². The van der Waals surface area contributed by atoms with E-state index in [1.807, 2.05) is 0 Å². The summed E-state index contributed by atoms with van der Waals surface area (Å²) in [6.07, 6.45) is 4.82. The van der Waals surface area contributed by atoms with Gasteiger partial charge in [-0.1, -0.05) is 5.16 Å². The lowest BCUT2D eigenvalue weighted by Crippen LogP contribution is -2.21. The summed E-state index contributed by atoms with van der Waals surface area (Å²) in [6.45, 7) is 0. The SMILES string of the molecule is O=C(O)C1=C(C(=O)Nc2sc3c(c2-c2nc(C4CC4)no2)CC[C@@H](F)C3)CCCC1. The molecule has 7 nitrogen and oxygen atoms in total. The van der Waals surface area contributed by atoms with Crippen molar-refractivity contribution in [1.29, 1.82) is 0 Å². The van der Waals surface area contributed by atoms with Crippen molar-refractivity contribution in [2.24, 2.45) is 0 Å². The largest absolute Gasteiger partial charge is 0.478 e. The molecule has 9 heteroatoms. The van der Waals surface area contributed by atoms with Crippen LogP contribution in [0.4, 0.5) is 9.39 Å². The molecule has 2 aromatic rings. The standard InChI is InChI=1S/C21H22FN3O4S/c22-11-7-8-14-15(9-11)30-20(16(14)19-23-17(25-29-19)10-5-6-10)24-18(26)12-3-1-2-4-13(12)21(27)28/h10-11H,1-9H2,(H,24,26)(H,27,28)/t11-/m1/s1. The molecule has 1 amide bonds. The van der Waals surface area contributed by atoms with E-state index in [0.717, 1.165) is 36.1 Å². The van der Waals surface area contributed by atoms with Crippen LogP contribution < -0.4 is 5.32 Å². The van der Waals surface area contributed by atoms with Crippen LogP contribution in [0.3, 0.4) is 0 Å². The minimum atomic E-state index is -1.04. The minimum absolute atomic E-state index is 0.180. The fourth-order valence-corrected chi connectivity index (χ4v) is 5.57. The Bertz CT molecular complexity index is 1050. The van der Waals surface area contributed by atoms with Crippen molar-refractivity contribution in [1.82, 2.24) is 10.1 Å². The maximum Gasteiger partial charge on any atom is 0.332 e. The highest BCUT2D eigenvalue weighted by molar-refractivity contribution is 7.17. The summed E-state index contributed by atoms with van der Waals surface area (Å²) < 4.78 is 19.5. The summed E-state index contributed by atoms with van der Waals surface area (Å²) in [7, 11) is 0. The van der Waals surface area contributed by atoms with Crippen LogP contribution in [-0.4, -0.2) is 33.3 Å². The number of carbonyl (C=O) groups is 2. The Kier molecular flexibility index (Phi) is 4.92. The predicted molar refractivity (Wildman–Crippen MR) is 108 cm³/mol. The number of hydrogen-bond donors (Lipinski definition) is 2. The molecule has 1 atom stereocenters. The molecule has 0 aliphatic heterocycles. The Morgan fingerprint density at radius 1 is 1.13 bits per heavy atom. The quantitative estimate of drug-likeness (QED) is 0.727. The van der Waals surface area contributed by atoms with Crippen LogP contribution in [0.15, 0.2) is 15.7 Å². The smallest absolute Gasteiger partial charge is 0.332 e. The van der Waals surface area contributed by atoms with Crippen molar-refractivity contribution in [2.45, 2.75) is 69.9 Å². The molecule has 30 heavy (non-hydrogen) atoms. The minimum Gasteiger partial charge on any atom is -0.478 e. The highest BCUT2D eigenvalue weighted by atomic mass is 32.1. The molecule has 1 fully saturated rings. The second-order valence-corrected chi connectivity index (χ2v) is 9.31. The predicted octanol–water partition coefficient (Wildman–Crippen LogP) is 4.40. The number of thiophene rings is 1. The number of nitrogens with zero attached hydrogens (tertiary/aromatic N) is 2. The molecule has 0 aromatic carbocycles. The van der Waals surface area contributed by atoms with Crippen LogP contribution in [0.1, 0.15) is 67.1 Å². The Labute approximate surface area is 176 Å². The first kappa shape index (κ1) is 19.4. The van der Waals surface area contributed by atoms with Gasteiger partial charge in [-0.2, -0.15) is 4.98 Å². The fraction of sp³-hybridized carbons (Fsp3) is 0.524. The third-order valence-corrected chi connectivity index (χ3v) is 7.20. The van der Waals surface area contributed by atoms with E-state index in [-0.39, 0.29) is 5.57 Å². The number of hydrogen-bond acceptors (Lipinski definition) is 6. The number of halogens is 1. The van der Waals surface area contributed by atoms with E-state index in [1.54, 1.807) is 0 Å². The zero-order chi connectivity index (χ0) is 20.8. The van der Waals surface area contributed by atoms with E-state index in [2.05, 4.69) is 15.5 Å². The maximum atomic E-state index is 14.0. The van der Waals surface area contributed by atoms with Crippen LogP contribution in [0, 0.1) is 0 Å². The Morgan fingerprint density at radius 3 is 2.63 bits per heavy atom. The highest BCUT2D eigenvalue weighted by Crippen LogP contribution is 2.46. The summed E-state index contributed by atoms with van der Waals surface area (Å²) in [4.78, 5) is 30.0. The molecule has 158 valence electrons. The van der Waals surface area contributed by atoms with E-state index in [9.17, 15) is 19.1 Å². The summed E-state index contributed by atoms with van der Waals surface area (Å²) in [6, 6.07) is 0. The Morgan fingerprint density at radius 2 is 1.90 bits per heavy atom. The molecule has 5 rings (SSSR count). The van der Waals surface area contributed by atoms with Crippen molar-refractivity contribution in [3.63, 3.8) is 0 Å². The van der Waals surface area contributed by atoms with Crippen LogP contribution in [-0.2, 0) is 22.4 Å². The number of fused-ring (bicyclic) bond motifs is 1. The molecule has 2 N–H and O–H groups in total. The van der Waals surface area contributed by atoms with Gasteiger partial charge >= 0.3 is 5.97 Å². The number of nitrogens with one attached hydrogen (secondary N) is 1. The summed E-state index contributed by atoms with van der Waals surface area (Å²) in [5, 5.41) is 17.0. The van der Waals surface area contributed by atoms with Crippen LogP contribution in [0.25, 0.3) is 11.5 Å². The number of amides is 1. The lowest BCUT2D eigenvalue weighted by atomic mass is 9.91. The van der Waals surface area contributed by atoms with Crippen LogP contribution in [0.5, 0.6) is 0 Å². The number of rotatable bonds is 5. The molecule has 2 heterocycles. The molecular formula is C21H22FN3O4S. The van der Waals surface area contributed by atoms with Gasteiger partial charge in [-0.05, 0) is 56.9 Å². The van der Waals surface area contributed by atoms with Gasteiger partial charge in [-0.25, -0.2) is 9.18 Å². The molecular weight excluding hydrogens is 409 g/mol. The van der Waals surface area contributed by atoms with Gasteiger partial charge in [0.15, 0.2) is 5.82 Å². The number of anilines is 1. The number of carboxylic acid groups (broad SMARTS) is 1. The van der Waals surface area contributed by atoms with E-state index < -0.39 is 18.0 Å². The monoisotopic (exact) mass is 431 g/mol. The van der Waals surface area contributed by atoms with Gasteiger partial charge in [0.1, 0.15) is 11.2 Å². The molecule has 0 spiro atoms.